The van der Waals surface area contributed by atoms with Crippen LogP contribution in [0.2, 0.25) is 0 Å². The Bertz CT molecular complexity index is 426. The van der Waals surface area contributed by atoms with Gasteiger partial charge in [0.1, 0.15) is 5.01 Å². The number of rotatable bonds is 5. The molecule has 1 atom stereocenters. The average molecular weight is 282 g/mol. The maximum Gasteiger partial charge on any atom is 0.228 e. The Kier molecular flexibility index (Phi) is 4.90. The predicted molar refractivity (Wildman–Crippen MR) is 77.3 cm³/mol. The number of hydrogen-bond acceptors (Lipinski definition) is 5. The van der Waals surface area contributed by atoms with Crippen LogP contribution < -0.4 is 5.32 Å². The van der Waals surface area contributed by atoms with Crippen LogP contribution in [0.5, 0.6) is 0 Å². The number of hydrogen-bond donors (Lipinski definition) is 1. The number of amides is 1. The summed E-state index contributed by atoms with van der Waals surface area (Å²) in [6.07, 6.45) is 1.61. The molecule has 1 aliphatic heterocycles. The number of nitrogens with zero attached hydrogens (tertiary/aromatic N) is 3. The average Bonchev–Trinajstić information content (AvgIpc) is 3.00. The molecule has 19 heavy (non-hydrogen) atoms. The van der Waals surface area contributed by atoms with Crippen molar-refractivity contribution in [1.29, 1.82) is 0 Å². The Balaban J connectivity index is 1.88. The van der Waals surface area contributed by atoms with Gasteiger partial charge in [-0.1, -0.05) is 0 Å². The van der Waals surface area contributed by atoms with Crippen molar-refractivity contribution in [3.05, 3.63) is 16.1 Å². The minimum absolute atomic E-state index is 0.106. The molecular formula is C13H22N4OS. The highest BCUT2D eigenvalue weighted by molar-refractivity contribution is 7.09. The van der Waals surface area contributed by atoms with Crippen LogP contribution in [0.25, 0.3) is 0 Å². The van der Waals surface area contributed by atoms with Gasteiger partial charge in [0.2, 0.25) is 5.91 Å². The molecule has 0 spiro atoms. The summed E-state index contributed by atoms with van der Waals surface area (Å²) >= 11 is 1.58. The van der Waals surface area contributed by atoms with E-state index in [1.54, 1.807) is 30.3 Å². The molecule has 1 aromatic heterocycles. The lowest BCUT2D eigenvalue weighted by atomic mass is 10.2. The number of carbonyl (C=O) groups is 1. The highest BCUT2D eigenvalue weighted by Gasteiger charge is 2.20. The summed E-state index contributed by atoms with van der Waals surface area (Å²) in [5.41, 5.74) is 1.07. The summed E-state index contributed by atoms with van der Waals surface area (Å²) in [6, 6.07) is 0.605. The van der Waals surface area contributed by atoms with Crippen LogP contribution in [-0.4, -0.2) is 61.0 Å². The normalized spacial score (nSPS) is 19.1. The van der Waals surface area contributed by atoms with Crippen LogP contribution in [0, 0.1) is 0 Å². The van der Waals surface area contributed by atoms with Crippen molar-refractivity contribution in [3.8, 4) is 0 Å². The molecule has 0 radical (unpaired) electrons. The minimum atomic E-state index is 0.106. The Hall–Kier alpha value is -0.980. The van der Waals surface area contributed by atoms with Gasteiger partial charge in [0.25, 0.3) is 0 Å². The van der Waals surface area contributed by atoms with E-state index in [1.165, 1.54) is 6.42 Å². The highest BCUT2D eigenvalue weighted by atomic mass is 32.1. The molecule has 1 fully saturated rings. The zero-order valence-corrected chi connectivity index (χ0v) is 12.7. The monoisotopic (exact) mass is 282 g/mol. The SMILES string of the molecule is CN(C)C(=O)Cc1nc(CN(C)C2CCNC2)cs1. The maximum absolute atomic E-state index is 11.6. The molecule has 1 saturated heterocycles. The Morgan fingerprint density at radius 2 is 2.32 bits per heavy atom. The zero-order valence-electron chi connectivity index (χ0n) is 11.8. The van der Waals surface area contributed by atoms with E-state index in [9.17, 15) is 4.79 Å². The molecule has 1 aromatic rings. The first-order chi connectivity index (χ1) is 9.06. The van der Waals surface area contributed by atoms with Gasteiger partial charge in [-0.05, 0) is 20.0 Å². The third-order valence-corrected chi connectivity index (χ3v) is 4.37. The smallest absolute Gasteiger partial charge is 0.228 e. The van der Waals surface area contributed by atoms with Crippen molar-refractivity contribution in [2.75, 3.05) is 34.2 Å². The van der Waals surface area contributed by atoms with Crippen molar-refractivity contribution < 1.29 is 4.79 Å². The molecule has 1 aliphatic rings. The lowest BCUT2D eigenvalue weighted by Crippen LogP contribution is -2.32. The van der Waals surface area contributed by atoms with Crippen LogP contribution in [-0.2, 0) is 17.8 Å². The van der Waals surface area contributed by atoms with E-state index in [1.807, 2.05) is 0 Å². The molecule has 1 unspecified atom stereocenters. The molecule has 2 rings (SSSR count). The molecule has 6 heteroatoms. The number of nitrogens with one attached hydrogen (secondary N) is 1. The first kappa shape index (κ1) is 14.4. The Labute approximate surface area is 118 Å². The van der Waals surface area contributed by atoms with E-state index in [2.05, 4.69) is 27.6 Å². The summed E-state index contributed by atoms with van der Waals surface area (Å²) in [6.45, 7) is 3.03. The van der Waals surface area contributed by atoms with Gasteiger partial charge in [-0.15, -0.1) is 11.3 Å². The third kappa shape index (κ3) is 3.99. The zero-order chi connectivity index (χ0) is 13.8. The van der Waals surface area contributed by atoms with Gasteiger partial charge in [0.15, 0.2) is 0 Å². The van der Waals surface area contributed by atoms with E-state index in [0.717, 1.165) is 30.3 Å². The topological polar surface area (TPSA) is 48.5 Å². The van der Waals surface area contributed by atoms with Crippen LogP contribution in [0.4, 0.5) is 0 Å². The van der Waals surface area contributed by atoms with Crippen LogP contribution >= 0.6 is 11.3 Å². The van der Waals surface area contributed by atoms with E-state index in [-0.39, 0.29) is 5.91 Å². The van der Waals surface area contributed by atoms with Gasteiger partial charge < -0.3 is 10.2 Å². The van der Waals surface area contributed by atoms with Gasteiger partial charge in [0.05, 0.1) is 12.1 Å². The minimum Gasteiger partial charge on any atom is -0.348 e. The van der Waals surface area contributed by atoms with Crippen molar-refractivity contribution in [2.24, 2.45) is 0 Å². The molecule has 0 saturated carbocycles. The molecular weight excluding hydrogens is 260 g/mol. The molecule has 106 valence electrons. The third-order valence-electron chi connectivity index (χ3n) is 3.47. The quantitative estimate of drug-likeness (QED) is 0.858. The lowest BCUT2D eigenvalue weighted by molar-refractivity contribution is -0.127. The molecule has 2 heterocycles. The molecule has 1 N–H and O–H groups in total. The Morgan fingerprint density at radius 1 is 1.53 bits per heavy atom. The van der Waals surface area contributed by atoms with Crippen molar-refractivity contribution >= 4 is 17.2 Å². The van der Waals surface area contributed by atoms with Crippen LogP contribution in [0.3, 0.4) is 0 Å². The number of aromatic nitrogens is 1. The number of likely N-dealkylation sites (N-methyl/N-ethyl adjacent to an activating group) is 2. The predicted octanol–water partition coefficient (Wildman–Crippen LogP) is 0.567. The summed E-state index contributed by atoms with van der Waals surface area (Å²) in [5.74, 6) is 0.106. The summed E-state index contributed by atoms with van der Waals surface area (Å²) < 4.78 is 0. The fraction of sp³-hybridized carbons (Fsp3) is 0.692. The second-order valence-corrected chi connectivity index (χ2v) is 6.20. The van der Waals surface area contributed by atoms with Gasteiger partial charge in [0, 0.05) is 38.6 Å². The fourth-order valence-electron chi connectivity index (χ4n) is 2.19. The largest absolute Gasteiger partial charge is 0.348 e. The van der Waals surface area contributed by atoms with E-state index < -0.39 is 0 Å². The standard InChI is InChI=1S/C13H22N4OS/c1-16(2)13(18)6-12-15-10(9-19-12)8-17(3)11-4-5-14-7-11/h9,11,14H,4-8H2,1-3H3. The van der Waals surface area contributed by atoms with Crippen molar-refractivity contribution in [3.63, 3.8) is 0 Å². The lowest BCUT2D eigenvalue weighted by Gasteiger charge is -2.22. The second kappa shape index (κ2) is 6.45. The first-order valence-electron chi connectivity index (χ1n) is 6.60. The van der Waals surface area contributed by atoms with Crippen molar-refractivity contribution in [1.82, 2.24) is 20.1 Å². The molecule has 0 aromatic carbocycles. The van der Waals surface area contributed by atoms with Crippen LogP contribution in [0.1, 0.15) is 17.1 Å². The van der Waals surface area contributed by atoms with Crippen molar-refractivity contribution in [2.45, 2.75) is 25.4 Å². The maximum atomic E-state index is 11.6. The van der Waals surface area contributed by atoms with Gasteiger partial charge in [-0.2, -0.15) is 0 Å². The molecule has 1 amide bonds. The molecule has 0 aliphatic carbocycles. The van der Waals surface area contributed by atoms with Gasteiger partial charge >= 0.3 is 0 Å². The van der Waals surface area contributed by atoms with E-state index >= 15 is 0 Å². The van der Waals surface area contributed by atoms with Gasteiger partial charge in [-0.25, -0.2) is 4.98 Å². The van der Waals surface area contributed by atoms with E-state index in [4.69, 9.17) is 0 Å². The van der Waals surface area contributed by atoms with E-state index in [0.29, 0.717) is 12.5 Å². The summed E-state index contributed by atoms with van der Waals surface area (Å²) in [4.78, 5) is 20.1. The summed E-state index contributed by atoms with van der Waals surface area (Å²) in [7, 11) is 5.69. The van der Waals surface area contributed by atoms with Crippen LogP contribution in [0.15, 0.2) is 5.38 Å². The van der Waals surface area contributed by atoms with Gasteiger partial charge in [-0.3, -0.25) is 9.69 Å². The molecule has 5 nitrogen and oxygen atoms in total. The second-order valence-electron chi connectivity index (χ2n) is 5.26. The highest BCUT2D eigenvalue weighted by Crippen LogP contribution is 2.15. The first-order valence-corrected chi connectivity index (χ1v) is 7.48. The number of thiazole rings is 1. The summed E-state index contributed by atoms with van der Waals surface area (Å²) in [5, 5.41) is 6.35. The Morgan fingerprint density at radius 3 is 2.95 bits per heavy atom. The number of carbonyl (C=O) groups excluding carboxylic acids is 1. The molecule has 0 bridgehead atoms. The fourth-order valence-corrected chi connectivity index (χ4v) is 2.97.